The van der Waals surface area contributed by atoms with Crippen molar-refractivity contribution in [2.24, 2.45) is 5.73 Å². The second-order valence-electron chi connectivity index (χ2n) is 5.17. The normalized spacial score (nSPS) is 14.2. The highest BCUT2D eigenvalue weighted by Gasteiger charge is 2.23. The van der Waals surface area contributed by atoms with Crippen LogP contribution in [0, 0.1) is 0 Å². The van der Waals surface area contributed by atoms with E-state index in [4.69, 9.17) is 17.3 Å². The van der Waals surface area contributed by atoms with Crippen LogP contribution in [-0.4, -0.2) is 18.5 Å². The largest absolute Gasteiger partial charge is 0.329 e. The van der Waals surface area contributed by atoms with E-state index in [2.05, 4.69) is 53.0 Å². The van der Waals surface area contributed by atoms with Crippen LogP contribution >= 0.6 is 27.5 Å². The Labute approximate surface area is 140 Å². The quantitative estimate of drug-likeness (QED) is 0.823. The molecule has 2 nitrogen and oxygen atoms in total. The Hall–Kier alpha value is -0.870. The van der Waals surface area contributed by atoms with Crippen LogP contribution in [0.5, 0.6) is 0 Å². The zero-order valence-corrected chi connectivity index (χ0v) is 14.6. The fourth-order valence-corrected chi connectivity index (χ4v) is 3.28. The van der Waals surface area contributed by atoms with Crippen molar-refractivity contribution in [3.8, 4) is 0 Å². The lowest BCUT2D eigenvalue weighted by atomic mass is 10.0. The third-order valence-corrected chi connectivity index (χ3v) is 4.88. The maximum Gasteiger partial charge on any atom is 0.0484 e. The van der Waals surface area contributed by atoms with Crippen molar-refractivity contribution in [1.29, 1.82) is 0 Å². The van der Waals surface area contributed by atoms with E-state index in [1.54, 1.807) is 0 Å². The van der Waals surface area contributed by atoms with Gasteiger partial charge in [-0.15, -0.1) is 0 Å². The average molecular weight is 368 g/mol. The van der Waals surface area contributed by atoms with Gasteiger partial charge >= 0.3 is 0 Å². The van der Waals surface area contributed by atoms with Crippen LogP contribution < -0.4 is 5.73 Å². The van der Waals surface area contributed by atoms with E-state index in [0.29, 0.717) is 6.54 Å². The van der Waals surface area contributed by atoms with E-state index in [-0.39, 0.29) is 12.1 Å². The van der Waals surface area contributed by atoms with E-state index in [9.17, 15) is 0 Å². The summed E-state index contributed by atoms with van der Waals surface area (Å²) in [5, 5.41) is 0.762. The lowest BCUT2D eigenvalue weighted by molar-refractivity contribution is 0.189. The van der Waals surface area contributed by atoms with Crippen molar-refractivity contribution in [3.63, 3.8) is 0 Å². The van der Waals surface area contributed by atoms with Gasteiger partial charge in [-0.1, -0.05) is 57.9 Å². The summed E-state index contributed by atoms with van der Waals surface area (Å²) in [4.78, 5) is 2.28. The van der Waals surface area contributed by atoms with Gasteiger partial charge in [0, 0.05) is 28.1 Å². The van der Waals surface area contributed by atoms with Crippen LogP contribution in [0.15, 0.2) is 53.0 Å². The first-order valence-corrected chi connectivity index (χ1v) is 8.13. The number of likely N-dealkylation sites (N-methyl/N-ethyl adjacent to an activating group) is 1. The van der Waals surface area contributed by atoms with E-state index in [1.807, 2.05) is 30.3 Å². The lowest BCUT2D eigenvalue weighted by Crippen LogP contribution is -2.33. The summed E-state index contributed by atoms with van der Waals surface area (Å²) in [5.74, 6) is 0. The van der Waals surface area contributed by atoms with E-state index >= 15 is 0 Å². The molecule has 4 heteroatoms. The topological polar surface area (TPSA) is 29.3 Å². The van der Waals surface area contributed by atoms with Crippen molar-refractivity contribution < 1.29 is 0 Å². The van der Waals surface area contributed by atoms with Gasteiger partial charge in [0.05, 0.1) is 0 Å². The van der Waals surface area contributed by atoms with Crippen molar-refractivity contribution in [2.45, 2.75) is 19.0 Å². The van der Waals surface area contributed by atoms with Crippen LogP contribution in [0.25, 0.3) is 0 Å². The second kappa shape index (κ2) is 7.41. The number of hydrogen-bond acceptors (Lipinski definition) is 2. The van der Waals surface area contributed by atoms with Crippen LogP contribution in [0.2, 0.25) is 5.02 Å². The molecule has 2 aromatic rings. The highest BCUT2D eigenvalue weighted by molar-refractivity contribution is 9.10. The molecule has 0 aliphatic carbocycles. The number of nitrogens with zero attached hydrogens (tertiary/aromatic N) is 1. The van der Waals surface area contributed by atoms with Gasteiger partial charge in [0.25, 0.3) is 0 Å². The second-order valence-corrected chi connectivity index (χ2v) is 6.46. The molecule has 2 aromatic carbocycles. The average Bonchev–Trinajstić information content (AvgIpc) is 2.49. The third kappa shape index (κ3) is 3.86. The van der Waals surface area contributed by atoms with Gasteiger partial charge < -0.3 is 5.73 Å². The number of nitrogens with two attached hydrogens (primary N) is 1. The lowest BCUT2D eigenvalue weighted by Gasteiger charge is -2.33. The molecule has 0 amide bonds. The third-order valence-electron chi connectivity index (χ3n) is 3.92. The smallest absolute Gasteiger partial charge is 0.0484 e. The Morgan fingerprint density at radius 1 is 1.19 bits per heavy atom. The number of benzene rings is 2. The predicted octanol–water partition coefficient (Wildman–Crippen LogP) is 4.80. The van der Waals surface area contributed by atoms with Gasteiger partial charge in [-0.05, 0) is 43.3 Å². The number of hydrogen-bond donors (Lipinski definition) is 1. The van der Waals surface area contributed by atoms with E-state index in [0.717, 1.165) is 9.50 Å². The Morgan fingerprint density at radius 2 is 1.90 bits per heavy atom. The fraction of sp³-hybridized carbons (Fsp3) is 0.294. The maximum atomic E-state index is 6.10. The van der Waals surface area contributed by atoms with Crippen LogP contribution in [0.3, 0.4) is 0 Å². The van der Waals surface area contributed by atoms with Gasteiger partial charge in [0.1, 0.15) is 0 Å². The van der Waals surface area contributed by atoms with Crippen molar-refractivity contribution in [1.82, 2.24) is 4.90 Å². The van der Waals surface area contributed by atoms with Gasteiger partial charge in [0.2, 0.25) is 0 Å². The Balaban J connectivity index is 2.28. The number of halogens is 2. The van der Waals surface area contributed by atoms with Crippen LogP contribution in [0.4, 0.5) is 0 Å². The molecule has 0 aromatic heterocycles. The molecule has 2 rings (SSSR count). The molecule has 2 unspecified atom stereocenters. The van der Waals surface area contributed by atoms with E-state index in [1.165, 1.54) is 11.1 Å². The van der Waals surface area contributed by atoms with Crippen LogP contribution in [0.1, 0.15) is 30.1 Å². The van der Waals surface area contributed by atoms with E-state index < -0.39 is 0 Å². The minimum Gasteiger partial charge on any atom is -0.329 e. The summed E-state index contributed by atoms with van der Waals surface area (Å²) >= 11 is 9.72. The molecule has 0 radical (unpaired) electrons. The summed E-state index contributed by atoms with van der Waals surface area (Å²) < 4.78 is 1.09. The zero-order valence-electron chi connectivity index (χ0n) is 12.3. The molecule has 0 fully saturated rings. The molecule has 21 heavy (non-hydrogen) atoms. The molecule has 0 heterocycles. The molecule has 0 saturated heterocycles. The Morgan fingerprint density at radius 3 is 2.52 bits per heavy atom. The summed E-state index contributed by atoms with van der Waals surface area (Å²) in [6.45, 7) is 2.73. The Kier molecular flexibility index (Phi) is 5.82. The first kappa shape index (κ1) is 16.5. The number of rotatable bonds is 5. The van der Waals surface area contributed by atoms with Gasteiger partial charge in [-0.2, -0.15) is 0 Å². The fourth-order valence-electron chi connectivity index (χ4n) is 2.53. The summed E-state index contributed by atoms with van der Waals surface area (Å²) in [6.07, 6.45) is 0. The highest BCUT2D eigenvalue weighted by atomic mass is 79.9. The summed E-state index contributed by atoms with van der Waals surface area (Å²) in [6, 6.07) is 16.6. The first-order valence-electron chi connectivity index (χ1n) is 6.96. The van der Waals surface area contributed by atoms with Crippen molar-refractivity contribution in [2.75, 3.05) is 13.6 Å². The molecule has 2 atom stereocenters. The molecule has 2 N–H and O–H groups in total. The van der Waals surface area contributed by atoms with Crippen molar-refractivity contribution in [3.05, 3.63) is 69.2 Å². The van der Waals surface area contributed by atoms with Gasteiger partial charge in [-0.3, -0.25) is 4.90 Å². The molecular weight excluding hydrogens is 348 g/mol. The Bertz CT molecular complexity index is 603. The van der Waals surface area contributed by atoms with Gasteiger partial charge in [0.15, 0.2) is 0 Å². The molecule has 0 aliphatic heterocycles. The summed E-state index contributed by atoms with van der Waals surface area (Å²) in [5.41, 5.74) is 8.43. The standard InChI is InChI=1S/C17H20BrClN2/c1-12(13-6-5-7-14(19)10-13)21(2)17(11-20)15-8-3-4-9-16(15)18/h3-10,12,17H,11,20H2,1-2H3. The monoisotopic (exact) mass is 366 g/mol. The molecule has 112 valence electrons. The molecule has 0 bridgehead atoms. The highest BCUT2D eigenvalue weighted by Crippen LogP contribution is 2.32. The molecular formula is C17H20BrClN2. The zero-order chi connectivity index (χ0) is 15.4. The molecule has 0 aliphatic rings. The SMILES string of the molecule is CC(c1cccc(Cl)c1)N(C)C(CN)c1ccccc1Br. The summed E-state index contributed by atoms with van der Waals surface area (Å²) in [7, 11) is 2.10. The van der Waals surface area contributed by atoms with Gasteiger partial charge in [-0.25, -0.2) is 0 Å². The first-order chi connectivity index (χ1) is 10.0. The predicted molar refractivity (Wildman–Crippen MR) is 93.6 cm³/mol. The molecule has 0 saturated carbocycles. The molecule has 0 spiro atoms. The van der Waals surface area contributed by atoms with Crippen LogP contribution in [-0.2, 0) is 0 Å². The minimum atomic E-state index is 0.148. The van der Waals surface area contributed by atoms with Crippen molar-refractivity contribution >= 4 is 27.5 Å². The maximum absolute atomic E-state index is 6.10. The minimum absolute atomic E-state index is 0.148.